The largest absolute Gasteiger partial charge is 0.353 e. The molecule has 4 rings (SSSR count). The third kappa shape index (κ3) is 2.38. The van der Waals surface area contributed by atoms with E-state index in [0.29, 0.717) is 11.1 Å². The van der Waals surface area contributed by atoms with Crippen LogP contribution in [0.1, 0.15) is 15.9 Å². The van der Waals surface area contributed by atoms with E-state index < -0.39 is 0 Å². The van der Waals surface area contributed by atoms with Gasteiger partial charge in [0.25, 0.3) is 5.91 Å². The van der Waals surface area contributed by atoms with E-state index in [1.165, 1.54) is 0 Å². The van der Waals surface area contributed by atoms with E-state index in [9.17, 15) is 4.79 Å². The summed E-state index contributed by atoms with van der Waals surface area (Å²) in [7, 11) is 0. The quantitative estimate of drug-likeness (QED) is 0.693. The molecule has 1 aliphatic rings. The number of carbonyl (C=O) groups excluding carboxylic acids is 1. The number of nitrogens with one attached hydrogen (secondary N) is 2. The summed E-state index contributed by atoms with van der Waals surface area (Å²) in [5.74, 6) is -0.139. The molecule has 0 spiro atoms. The molecule has 0 aromatic heterocycles. The van der Waals surface area contributed by atoms with Gasteiger partial charge in [-0.3, -0.25) is 4.79 Å². The number of amides is 1. The highest BCUT2D eigenvalue weighted by molar-refractivity contribution is 6.12. The third-order valence-corrected chi connectivity index (χ3v) is 4.03. The smallest absolute Gasteiger partial charge is 0.257 e. The molecule has 114 valence electrons. The first kappa shape index (κ1) is 14.0. The SMILES string of the molecule is N#Cc1cccc(-c2ccc3c(c2)Nc2ccccc2NC3=O)c1. The number of fused-ring (bicyclic) bond motifs is 2. The van der Waals surface area contributed by atoms with E-state index in [0.717, 1.165) is 28.2 Å². The summed E-state index contributed by atoms with van der Waals surface area (Å²) in [5, 5.41) is 15.3. The van der Waals surface area contributed by atoms with Gasteiger partial charge in [-0.15, -0.1) is 0 Å². The van der Waals surface area contributed by atoms with Crippen LogP contribution in [0, 0.1) is 11.3 Å². The van der Waals surface area contributed by atoms with Crippen molar-refractivity contribution in [3.63, 3.8) is 0 Å². The summed E-state index contributed by atoms with van der Waals surface area (Å²) in [6.07, 6.45) is 0. The number of nitriles is 1. The van der Waals surface area contributed by atoms with Crippen molar-refractivity contribution in [2.24, 2.45) is 0 Å². The van der Waals surface area contributed by atoms with Gasteiger partial charge in [0, 0.05) is 0 Å². The molecule has 1 amide bonds. The first-order valence-corrected chi connectivity index (χ1v) is 7.56. The molecular weight excluding hydrogens is 298 g/mol. The second kappa shape index (κ2) is 5.56. The Bertz CT molecular complexity index is 1000. The Morgan fingerprint density at radius 3 is 2.29 bits per heavy atom. The van der Waals surface area contributed by atoms with Gasteiger partial charge in [-0.1, -0.05) is 30.3 Å². The van der Waals surface area contributed by atoms with E-state index in [1.807, 2.05) is 54.6 Å². The van der Waals surface area contributed by atoms with Gasteiger partial charge in [0.05, 0.1) is 34.3 Å². The van der Waals surface area contributed by atoms with Gasteiger partial charge in [0.15, 0.2) is 0 Å². The van der Waals surface area contributed by atoms with Crippen LogP contribution < -0.4 is 10.6 Å². The molecule has 0 saturated carbocycles. The number of benzene rings is 3. The van der Waals surface area contributed by atoms with Crippen molar-refractivity contribution in [1.29, 1.82) is 5.26 Å². The van der Waals surface area contributed by atoms with Crippen molar-refractivity contribution < 1.29 is 4.79 Å². The normalized spacial score (nSPS) is 12.0. The maximum absolute atomic E-state index is 12.4. The Balaban J connectivity index is 1.82. The first-order valence-electron chi connectivity index (χ1n) is 7.56. The monoisotopic (exact) mass is 311 g/mol. The van der Waals surface area contributed by atoms with Crippen LogP contribution in [-0.4, -0.2) is 5.91 Å². The zero-order valence-electron chi connectivity index (χ0n) is 12.7. The predicted molar refractivity (Wildman–Crippen MR) is 94.3 cm³/mol. The van der Waals surface area contributed by atoms with Crippen LogP contribution in [-0.2, 0) is 0 Å². The average Bonchev–Trinajstić information content (AvgIpc) is 2.77. The molecule has 0 fully saturated rings. The maximum atomic E-state index is 12.4. The number of carbonyl (C=O) groups is 1. The van der Waals surface area contributed by atoms with E-state index in [1.54, 1.807) is 12.1 Å². The van der Waals surface area contributed by atoms with Gasteiger partial charge in [0.1, 0.15) is 0 Å². The fourth-order valence-electron chi connectivity index (χ4n) is 2.83. The number of hydrogen-bond donors (Lipinski definition) is 2. The van der Waals surface area contributed by atoms with Crippen molar-refractivity contribution in [1.82, 2.24) is 0 Å². The summed E-state index contributed by atoms with van der Waals surface area (Å²) in [6, 6.07) is 22.8. The molecule has 1 heterocycles. The second-order valence-corrected chi connectivity index (χ2v) is 5.58. The maximum Gasteiger partial charge on any atom is 0.257 e. The summed E-state index contributed by atoms with van der Waals surface area (Å²) in [5.41, 5.74) is 5.45. The molecule has 3 aromatic rings. The fraction of sp³-hybridized carbons (Fsp3) is 0. The molecule has 24 heavy (non-hydrogen) atoms. The number of rotatable bonds is 1. The summed E-state index contributed by atoms with van der Waals surface area (Å²) < 4.78 is 0. The Kier molecular flexibility index (Phi) is 3.25. The minimum Gasteiger partial charge on any atom is -0.353 e. The van der Waals surface area contributed by atoms with Crippen molar-refractivity contribution in [2.45, 2.75) is 0 Å². The van der Waals surface area contributed by atoms with Crippen molar-refractivity contribution >= 4 is 23.0 Å². The van der Waals surface area contributed by atoms with Crippen LogP contribution in [0.3, 0.4) is 0 Å². The standard InChI is InChI=1S/C20H13N3O/c21-12-13-4-3-5-14(10-13)15-8-9-16-19(11-15)22-17-6-1-2-7-18(17)23-20(16)24/h1-11,22H,(H,23,24). The van der Waals surface area contributed by atoms with Crippen LogP contribution >= 0.6 is 0 Å². The summed E-state index contributed by atoms with van der Waals surface area (Å²) in [6.45, 7) is 0. The van der Waals surface area contributed by atoms with Crippen molar-refractivity contribution in [3.05, 3.63) is 77.9 Å². The molecule has 4 heteroatoms. The Hall–Kier alpha value is -3.58. The minimum atomic E-state index is -0.139. The van der Waals surface area contributed by atoms with Crippen LogP contribution in [0.4, 0.5) is 17.1 Å². The molecule has 3 aromatic carbocycles. The lowest BCUT2D eigenvalue weighted by atomic mass is 10.0. The van der Waals surface area contributed by atoms with E-state index in [2.05, 4.69) is 16.7 Å². The van der Waals surface area contributed by atoms with Crippen LogP contribution in [0.15, 0.2) is 66.7 Å². The summed E-state index contributed by atoms with van der Waals surface area (Å²) in [4.78, 5) is 12.4. The first-order chi connectivity index (χ1) is 11.7. The molecule has 0 radical (unpaired) electrons. The Labute approximate surface area is 139 Å². The third-order valence-electron chi connectivity index (χ3n) is 4.03. The molecular formula is C20H13N3O. The molecule has 0 atom stereocenters. The minimum absolute atomic E-state index is 0.139. The van der Waals surface area contributed by atoms with Gasteiger partial charge < -0.3 is 10.6 Å². The van der Waals surface area contributed by atoms with E-state index >= 15 is 0 Å². The molecule has 1 aliphatic heterocycles. The Morgan fingerprint density at radius 2 is 1.50 bits per heavy atom. The Morgan fingerprint density at radius 1 is 0.750 bits per heavy atom. The van der Waals surface area contributed by atoms with E-state index in [-0.39, 0.29) is 5.91 Å². The van der Waals surface area contributed by atoms with Gasteiger partial charge in [-0.25, -0.2) is 0 Å². The lowest BCUT2D eigenvalue weighted by Gasteiger charge is -2.10. The molecule has 4 nitrogen and oxygen atoms in total. The van der Waals surface area contributed by atoms with Crippen molar-refractivity contribution in [2.75, 3.05) is 10.6 Å². The summed E-state index contributed by atoms with van der Waals surface area (Å²) >= 11 is 0. The highest BCUT2D eigenvalue weighted by atomic mass is 16.1. The van der Waals surface area contributed by atoms with Gasteiger partial charge >= 0.3 is 0 Å². The van der Waals surface area contributed by atoms with Gasteiger partial charge in [-0.05, 0) is 47.5 Å². The fourth-order valence-corrected chi connectivity index (χ4v) is 2.83. The highest BCUT2D eigenvalue weighted by Gasteiger charge is 2.19. The average molecular weight is 311 g/mol. The zero-order chi connectivity index (χ0) is 16.5. The predicted octanol–water partition coefficient (Wildman–Crippen LogP) is 4.53. The molecule has 2 N–H and O–H groups in total. The number of anilines is 3. The zero-order valence-corrected chi connectivity index (χ0v) is 12.7. The molecule has 0 saturated heterocycles. The molecule has 0 unspecified atom stereocenters. The lowest BCUT2D eigenvalue weighted by Crippen LogP contribution is -2.10. The molecule has 0 bridgehead atoms. The topological polar surface area (TPSA) is 64.9 Å². The van der Waals surface area contributed by atoms with E-state index in [4.69, 9.17) is 5.26 Å². The van der Waals surface area contributed by atoms with Crippen LogP contribution in [0.25, 0.3) is 11.1 Å². The number of hydrogen-bond acceptors (Lipinski definition) is 3. The molecule has 0 aliphatic carbocycles. The second-order valence-electron chi connectivity index (χ2n) is 5.58. The van der Waals surface area contributed by atoms with Crippen LogP contribution in [0.2, 0.25) is 0 Å². The highest BCUT2D eigenvalue weighted by Crippen LogP contribution is 2.34. The number of para-hydroxylation sites is 2. The van der Waals surface area contributed by atoms with Crippen molar-refractivity contribution in [3.8, 4) is 17.2 Å². The van der Waals surface area contributed by atoms with Crippen LogP contribution in [0.5, 0.6) is 0 Å². The lowest BCUT2D eigenvalue weighted by molar-refractivity contribution is 0.102. The van der Waals surface area contributed by atoms with Gasteiger partial charge in [-0.2, -0.15) is 5.26 Å². The number of nitrogens with zero attached hydrogens (tertiary/aromatic N) is 1. The van der Waals surface area contributed by atoms with Gasteiger partial charge in [0.2, 0.25) is 0 Å².